The highest BCUT2D eigenvalue weighted by Crippen LogP contribution is 2.19. The highest BCUT2D eigenvalue weighted by atomic mass is 16.5. The van der Waals surface area contributed by atoms with Crippen LogP contribution in [0, 0.1) is 13.8 Å². The van der Waals surface area contributed by atoms with Crippen molar-refractivity contribution in [3.63, 3.8) is 0 Å². The highest BCUT2D eigenvalue weighted by Gasteiger charge is 2.21. The molecular weight excluding hydrogens is 458 g/mol. The molecule has 0 spiro atoms. The van der Waals surface area contributed by atoms with E-state index in [4.69, 9.17) is 4.74 Å². The number of carbonyl (C=O) groups excluding carboxylic acids is 1. The van der Waals surface area contributed by atoms with Gasteiger partial charge in [-0.25, -0.2) is 14.3 Å². The number of nitrogens with zero attached hydrogens (tertiary/aromatic N) is 4. The standard InChI is InChI=1S/C27H31N5O4/c1-18-10-11-19(2)22(14-18)20(3)29-23(33)16-32-26(34)24-25(28-17-30(24)12-13-36-4)31(27(32)35)15-21-8-6-5-7-9-21/h5-11,14,17,20H,12-13,15-16H2,1-4H3,(H,29,33). The Bertz CT molecular complexity index is 1500. The van der Waals surface area contributed by atoms with Gasteiger partial charge in [-0.2, -0.15) is 0 Å². The number of hydrogen-bond donors (Lipinski definition) is 1. The molecule has 1 amide bonds. The maximum absolute atomic E-state index is 13.5. The molecule has 0 saturated carbocycles. The molecule has 188 valence electrons. The van der Waals surface area contributed by atoms with E-state index in [0.29, 0.717) is 13.2 Å². The molecule has 0 bridgehead atoms. The van der Waals surface area contributed by atoms with Crippen LogP contribution in [0.2, 0.25) is 0 Å². The van der Waals surface area contributed by atoms with Crippen LogP contribution in [0.25, 0.3) is 11.2 Å². The number of hydrogen-bond acceptors (Lipinski definition) is 5. The summed E-state index contributed by atoms with van der Waals surface area (Å²) in [7, 11) is 1.57. The van der Waals surface area contributed by atoms with Gasteiger partial charge in [-0.15, -0.1) is 0 Å². The largest absolute Gasteiger partial charge is 0.383 e. The summed E-state index contributed by atoms with van der Waals surface area (Å²) in [5.41, 5.74) is 3.43. The summed E-state index contributed by atoms with van der Waals surface area (Å²) in [6, 6.07) is 15.2. The van der Waals surface area contributed by atoms with Crippen molar-refractivity contribution in [2.24, 2.45) is 0 Å². The summed E-state index contributed by atoms with van der Waals surface area (Å²) in [6.45, 7) is 6.45. The molecule has 1 N–H and O–H groups in total. The Morgan fingerprint density at radius 3 is 2.56 bits per heavy atom. The first-order valence-corrected chi connectivity index (χ1v) is 11.9. The number of fused-ring (bicyclic) bond motifs is 1. The molecule has 0 fully saturated rings. The number of amides is 1. The van der Waals surface area contributed by atoms with Crippen LogP contribution in [0.3, 0.4) is 0 Å². The van der Waals surface area contributed by atoms with Gasteiger partial charge in [0.05, 0.1) is 25.5 Å². The maximum Gasteiger partial charge on any atom is 0.333 e. The quantitative estimate of drug-likeness (QED) is 0.390. The van der Waals surface area contributed by atoms with E-state index in [2.05, 4.69) is 10.3 Å². The second-order valence-electron chi connectivity index (χ2n) is 9.00. The van der Waals surface area contributed by atoms with E-state index in [1.54, 1.807) is 11.7 Å². The third-order valence-electron chi connectivity index (χ3n) is 6.28. The molecule has 9 nitrogen and oxygen atoms in total. The lowest BCUT2D eigenvalue weighted by molar-refractivity contribution is -0.122. The zero-order valence-corrected chi connectivity index (χ0v) is 21.0. The summed E-state index contributed by atoms with van der Waals surface area (Å²) >= 11 is 0. The van der Waals surface area contributed by atoms with Crippen molar-refractivity contribution in [3.8, 4) is 0 Å². The van der Waals surface area contributed by atoms with Crippen LogP contribution in [0.1, 0.15) is 35.2 Å². The fourth-order valence-electron chi connectivity index (χ4n) is 4.38. The molecule has 0 aliphatic heterocycles. The third-order valence-corrected chi connectivity index (χ3v) is 6.28. The number of nitrogens with one attached hydrogen (secondary N) is 1. The fraction of sp³-hybridized carbons (Fsp3) is 0.333. The lowest BCUT2D eigenvalue weighted by atomic mass is 10.00. The molecule has 1 unspecified atom stereocenters. The van der Waals surface area contributed by atoms with Gasteiger partial charge >= 0.3 is 5.69 Å². The molecule has 1 atom stereocenters. The van der Waals surface area contributed by atoms with Crippen LogP contribution in [0.15, 0.2) is 64.4 Å². The van der Waals surface area contributed by atoms with Gasteiger partial charge in [0.15, 0.2) is 11.2 Å². The Kier molecular flexibility index (Phi) is 7.49. The Hall–Kier alpha value is -3.98. The number of rotatable bonds is 9. The number of ether oxygens (including phenoxy) is 1. The first-order valence-electron chi connectivity index (χ1n) is 11.9. The molecule has 4 rings (SSSR count). The van der Waals surface area contributed by atoms with Gasteiger partial charge in [0, 0.05) is 13.7 Å². The minimum absolute atomic E-state index is 0.220. The summed E-state index contributed by atoms with van der Waals surface area (Å²) < 4.78 is 9.25. The molecule has 2 aromatic carbocycles. The predicted molar refractivity (Wildman–Crippen MR) is 138 cm³/mol. The summed E-state index contributed by atoms with van der Waals surface area (Å²) in [5.74, 6) is -0.420. The second kappa shape index (κ2) is 10.7. The topological polar surface area (TPSA) is 100 Å². The van der Waals surface area contributed by atoms with Crippen molar-refractivity contribution < 1.29 is 9.53 Å². The molecule has 2 aromatic heterocycles. The first-order chi connectivity index (χ1) is 17.3. The molecule has 4 aromatic rings. The zero-order valence-electron chi connectivity index (χ0n) is 21.0. The van der Waals surface area contributed by atoms with Crippen LogP contribution in [-0.4, -0.2) is 38.3 Å². The number of methoxy groups -OCH3 is 1. The normalized spacial score (nSPS) is 12.1. The number of aryl methyl sites for hydroxylation is 2. The van der Waals surface area contributed by atoms with Gasteiger partial charge in [0.2, 0.25) is 5.91 Å². The van der Waals surface area contributed by atoms with Gasteiger partial charge in [-0.05, 0) is 37.5 Å². The van der Waals surface area contributed by atoms with Crippen molar-refractivity contribution in [1.29, 1.82) is 0 Å². The van der Waals surface area contributed by atoms with Gasteiger partial charge < -0.3 is 14.6 Å². The molecule has 0 saturated heterocycles. The summed E-state index contributed by atoms with van der Waals surface area (Å²) in [5, 5.41) is 2.94. The molecule has 0 radical (unpaired) electrons. The summed E-state index contributed by atoms with van der Waals surface area (Å²) in [6.07, 6.45) is 1.53. The minimum Gasteiger partial charge on any atom is -0.383 e. The number of aromatic nitrogens is 4. The molecule has 0 aliphatic carbocycles. The Balaban J connectivity index is 1.72. The van der Waals surface area contributed by atoms with Crippen molar-refractivity contribution in [1.82, 2.24) is 24.0 Å². The third kappa shape index (κ3) is 5.16. The lowest BCUT2D eigenvalue weighted by Gasteiger charge is -2.18. The Morgan fingerprint density at radius 1 is 1.08 bits per heavy atom. The van der Waals surface area contributed by atoms with Crippen molar-refractivity contribution >= 4 is 17.1 Å². The van der Waals surface area contributed by atoms with Gasteiger partial charge in [0.1, 0.15) is 6.54 Å². The Morgan fingerprint density at radius 2 is 1.83 bits per heavy atom. The van der Waals surface area contributed by atoms with Crippen molar-refractivity contribution in [2.45, 2.75) is 46.4 Å². The van der Waals surface area contributed by atoms with Crippen molar-refractivity contribution in [3.05, 3.63) is 98.0 Å². The number of benzene rings is 2. The van der Waals surface area contributed by atoms with E-state index in [9.17, 15) is 14.4 Å². The fourth-order valence-corrected chi connectivity index (χ4v) is 4.38. The van der Waals surface area contributed by atoms with Crippen LogP contribution < -0.4 is 16.6 Å². The van der Waals surface area contributed by atoms with E-state index in [1.165, 1.54) is 10.9 Å². The summed E-state index contributed by atoms with van der Waals surface area (Å²) in [4.78, 5) is 44.4. The van der Waals surface area contributed by atoms with Gasteiger partial charge in [-0.1, -0.05) is 54.1 Å². The predicted octanol–water partition coefficient (Wildman–Crippen LogP) is 2.55. The second-order valence-corrected chi connectivity index (χ2v) is 9.00. The molecule has 0 aliphatic rings. The maximum atomic E-state index is 13.5. The molecule has 9 heteroatoms. The van der Waals surface area contributed by atoms with E-state index in [-0.39, 0.29) is 23.8 Å². The molecular formula is C27H31N5O4. The smallest absolute Gasteiger partial charge is 0.333 e. The van der Waals surface area contributed by atoms with E-state index < -0.39 is 23.7 Å². The Labute approximate surface area is 209 Å². The van der Waals surface area contributed by atoms with Crippen LogP contribution in [0.5, 0.6) is 0 Å². The molecule has 36 heavy (non-hydrogen) atoms. The monoisotopic (exact) mass is 489 g/mol. The highest BCUT2D eigenvalue weighted by molar-refractivity contribution is 5.77. The van der Waals surface area contributed by atoms with Gasteiger partial charge in [-0.3, -0.25) is 14.2 Å². The average molecular weight is 490 g/mol. The number of carbonyl (C=O) groups is 1. The lowest BCUT2D eigenvalue weighted by Crippen LogP contribution is -2.44. The van der Waals surface area contributed by atoms with Crippen LogP contribution in [-0.2, 0) is 29.2 Å². The van der Waals surface area contributed by atoms with E-state index in [0.717, 1.165) is 26.8 Å². The van der Waals surface area contributed by atoms with E-state index in [1.807, 2.05) is 69.3 Å². The number of imidazole rings is 1. The van der Waals surface area contributed by atoms with Crippen LogP contribution in [0.4, 0.5) is 0 Å². The average Bonchev–Trinajstić information content (AvgIpc) is 3.29. The van der Waals surface area contributed by atoms with Crippen LogP contribution >= 0.6 is 0 Å². The SMILES string of the molecule is COCCn1cnc2c1c(=O)n(CC(=O)NC(C)c1cc(C)ccc1C)c(=O)n2Cc1ccccc1. The van der Waals surface area contributed by atoms with Gasteiger partial charge in [0.25, 0.3) is 5.56 Å². The zero-order chi connectivity index (χ0) is 25.8. The van der Waals surface area contributed by atoms with E-state index >= 15 is 0 Å². The first kappa shape index (κ1) is 25.1. The minimum atomic E-state index is -0.581. The molecule has 2 heterocycles. The van der Waals surface area contributed by atoms with Crippen molar-refractivity contribution in [2.75, 3.05) is 13.7 Å².